The second-order valence-corrected chi connectivity index (χ2v) is 8.31. The van der Waals surface area contributed by atoms with E-state index in [9.17, 15) is 4.79 Å². The summed E-state index contributed by atoms with van der Waals surface area (Å²) in [5.41, 5.74) is 1.12. The molecule has 1 saturated carbocycles. The summed E-state index contributed by atoms with van der Waals surface area (Å²) in [5.74, 6) is 1.41. The highest BCUT2D eigenvalue weighted by atomic mass is 35.5. The number of pyridine rings is 1. The molecule has 0 saturated heterocycles. The summed E-state index contributed by atoms with van der Waals surface area (Å²) in [4.78, 5) is 16.2. The Morgan fingerprint density at radius 2 is 1.77 bits per heavy atom. The predicted octanol–water partition coefficient (Wildman–Crippen LogP) is 6.09. The van der Waals surface area contributed by atoms with Crippen molar-refractivity contribution < 1.29 is 19.0 Å². The normalized spacial score (nSPS) is 15.5. The molecular formula is C23H27Cl2NO4. The molecule has 1 heterocycles. The molecule has 0 amide bonds. The van der Waals surface area contributed by atoms with Crippen molar-refractivity contribution in [3.63, 3.8) is 0 Å². The monoisotopic (exact) mass is 451 g/mol. The van der Waals surface area contributed by atoms with Gasteiger partial charge in [-0.1, -0.05) is 61.4 Å². The first-order chi connectivity index (χ1) is 14.6. The number of nitrogens with zero attached hydrogens (tertiary/aromatic N) is 1. The molecule has 1 fully saturated rings. The van der Waals surface area contributed by atoms with Crippen LogP contribution in [0.4, 0.5) is 0 Å². The molecule has 1 aliphatic rings. The Kier molecular flexibility index (Phi) is 8.23. The quantitative estimate of drug-likeness (QED) is 0.431. The topological polar surface area (TPSA) is 57.7 Å². The van der Waals surface area contributed by atoms with Crippen LogP contribution in [0.2, 0.25) is 10.0 Å². The minimum atomic E-state index is -0.725. The van der Waals surface area contributed by atoms with E-state index < -0.39 is 5.92 Å². The van der Waals surface area contributed by atoms with Gasteiger partial charge in [-0.05, 0) is 18.4 Å². The number of aromatic nitrogens is 1. The van der Waals surface area contributed by atoms with Crippen LogP contribution < -0.4 is 14.2 Å². The zero-order valence-electron chi connectivity index (χ0n) is 17.3. The standard InChI is InChI=1S/C23H27Cl2NO4/c1-28-20-9-8-16(17(14-27)21-18(24)12-26-13-19(21)25)22(23(20)29-2)30-11-10-15-6-4-3-5-7-15/h8-9,12-15,17H,3-7,10-11H2,1-2H3. The van der Waals surface area contributed by atoms with Crippen LogP contribution in [-0.2, 0) is 4.79 Å². The maximum atomic E-state index is 12.2. The van der Waals surface area contributed by atoms with E-state index in [1.165, 1.54) is 44.5 Å². The van der Waals surface area contributed by atoms with Crippen molar-refractivity contribution in [3.05, 3.63) is 45.7 Å². The zero-order chi connectivity index (χ0) is 21.5. The Hall–Kier alpha value is -1.98. The SMILES string of the molecule is COc1ccc(C(C=O)c2c(Cl)cncc2Cl)c(OCCC2CCCCC2)c1OC. The van der Waals surface area contributed by atoms with Gasteiger partial charge in [0.1, 0.15) is 6.29 Å². The molecule has 2 aromatic rings. The molecule has 1 unspecified atom stereocenters. The molecule has 0 radical (unpaired) electrons. The van der Waals surface area contributed by atoms with E-state index in [1.54, 1.807) is 26.4 Å². The molecule has 1 atom stereocenters. The lowest BCUT2D eigenvalue weighted by atomic mass is 9.87. The number of aldehydes is 1. The third kappa shape index (κ3) is 5.01. The van der Waals surface area contributed by atoms with Crippen molar-refractivity contribution in [2.45, 2.75) is 44.4 Å². The minimum absolute atomic E-state index is 0.322. The van der Waals surface area contributed by atoms with Crippen molar-refractivity contribution in [1.29, 1.82) is 0 Å². The van der Waals surface area contributed by atoms with Crippen molar-refractivity contribution in [2.24, 2.45) is 5.92 Å². The third-order valence-corrected chi connectivity index (χ3v) is 6.30. The van der Waals surface area contributed by atoms with Crippen LogP contribution in [0.1, 0.15) is 55.6 Å². The number of hydrogen-bond acceptors (Lipinski definition) is 5. The summed E-state index contributed by atoms with van der Waals surface area (Å²) in [7, 11) is 3.12. The average molecular weight is 452 g/mol. The number of benzene rings is 1. The number of rotatable bonds is 9. The van der Waals surface area contributed by atoms with Gasteiger partial charge >= 0.3 is 0 Å². The molecule has 0 N–H and O–H groups in total. The fraction of sp³-hybridized carbons (Fsp3) is 0.478. The van der Waals surface area contributed by atoms with Gasteiger partial charge in [0.15, 0.2) is 11.5 Å². The minimum Gasteiger partial charge on any atom is -0.493 e. The van der Waals surface area contributed by atoms with Gasteiger partial charge in [0, 0.05) is 23.5 Å². The molecule has 1 aromatic carbocycles. The fourth-order valence-electron chi connectivity index (χ4n) is 4.13. The van der Waals surface area contributed by atoms with Crippen LogP contribution in [0, 0.1) is 5.92 Å². The summed E-state index contributed by atoms with van der Waals surface area (Å²) in [6.45, 7) is 0.532. The molecule has 1 aliphatic carbocycles. The first-order valence-corrected chi connectivity index (χ1v) is 11.0. The van der Waals surface area contributed by atoms with Crippen LogP contribution in [0.3, 0.4) is 0 Å². The third-order valence-electron chi connectivity index (χ3n) is 5.70. The number of methoxy groups -OCH3 is 2. The van der Waals surface area contributed by atoms with E-state index in [0.29, 0.717) is 50.9 Å². The molecule has 5 nitrogen and oxygen atoms in total. The lowest BCUT2D eigenvalue weighted by Crippen LogP contribution is -2.13. The van der Waals surface area contributed by atoms with Gasteiger partial charge in [0.05, 0.1) is 36.8 Å². The van der Waals surface area contributed by atoms with Crippen molar-refractivity contribution in [1.82, 2.24) is 4.98 Å². The Morgan fingerprint density at radius 1 is 1.07 bits per heavy atom. The molecule has 7 heteroatoms. The Morgan fingerprint density at radius 3 is 2.37 bits per heavy atom. The molecule has 3 rings (SSSR count). The largest absolute Gasteiger partial charge is 0.493 e. The summed E-state index contributed by atoms with van der Waals surface area (Å²) >= 11 is 12.7. The average Bonchev–Trinajstić information content (AvgIpc) is 2.77. The van der Waals surface area contributed by atoms with Crippen LogP contribution in [-0.4, -0.2) is 32.1 Å². The maximum absolute atomic E-state index is 12.2. The van der Waals surface area contributed by atoms with E-state index in [1.807, 2.05) is 0 Å². The first-order valence-electron chi connectivity index (χ1n) is 10.2. The molecular weight excluding hydrogens is 425 g/mol. The van der Waals surface area contributed by atoms with Crippen molar-refractivity contribution in [3.8, 4) is 17.2 Å². The molecule has 30 heavy (non-hydrogen) atoms. The second-order valence-electron chi connectivity index (χ2n) is 7.49. The Bertz CT molecular complexity index is 848. The molecule has 162 valence electrons. The maximum Gasteiger partial charge on any atom is 0.203 e. The van der Waals surface area contributed by atoms with Gasteiger partial charge in [0.25, 0.3) is 0 Å². The van der Waals surface area contributed by atoms with Gasteiger partial charge in [-0.25, -0.2) is 0 Å². The Labute approximate surface area is 187 Å². The molecule has 1 aromatic heterocycles. The lowest BCUT2D eigenvalue weighted by Gasteiger charge is -2.24. The Balaban J connectivity index is 1.97. The molecule has 0 aliphatic heterocycles. The highest BCUT2D eigenvalue weighted by Crippen LogP contribution is 2.46. The van der Waals surface area contributed by atoms with Gasteiger partial charge in [-0.2, -0.15) is 0 Å². The molecule has 0 bridgehead atoms. The predicted molar refractivity (Wildman–Crippen MR) is 118 cm³/mol. The highest BCUT2D eigenvalue weighted by molar-refractivity contribution is 6.36. The van der Waals surface area contributed by atoms with Crippen LogP contribution in [0.5, 0.6) is 17.2 Å². The van der Waals surface area contributed by atoms with E-state index in [-0.39, 0.29) is 0 Å². The number of carbonyl (C=O) groups excluding carboxylic acids is 1. The highest BCUT2D eigenvalue weighted by Gasteiger charge is 2.27. The van der Waals surface area contributed by atoms with E-state index in [4.69, 9.17) is 37.4 Å². The number of carbonyl (C=O) groups is 1. The summed E-state index contributed by atoms with van der Waals surface area (Å²) < 4.78 is 17.3. The lowest BCUT2D eigenvalue weighted by molar-refractivity contribution is -0.108. The fourth-order valence-corrected chi connectivity index (χ4v) is 4.73. The number of ether oxygens (including phenoxy) is 3. The molecule has 0 spiro atoms. The summed E-state index contributed by atoms with van der Waals surface area (Å²) in [6, 6.07) is 3.55. The van der Waals surface area contributed by atoms with Crippen molar-refractivity contribution in [2.75, 3.05) is 20.8 Å². The van der Waals surface area contributed by atoms with Gasteiger partial charge in [-0.15, -0.1) is 0 Å². The van der Waals surface area contributed by atoms with Crippen molar-refractivity contribution >= 4 is 29.5 Å². The summed E-state index contributed by atoms with van der Waals surface area (Å²) in [5, 5.41) is 0.644. The first kappa shape index (κ1) is 22.7. The van der Waals surface area contributed by atoms with Gasteiger partial charge in [-0.3, -0.25) is 4.98 Å². The van der Waals surface area contributed by atoms with E-state index in [2.05, 4.69) is 4.98 Å². The van der Waals surface area contributed by atoms with E-state index >= 15 is 0 Å². The smallest absolute Gasteiger partial charge is 0.203 e. The zero-order valence-corrected chi connectivity index (χ0v) is 18.8. The number of hydrogen-bond donors (Lipinski definition) is 0. The van der Waals surface area contributed by atoms with Crippen LogP contribution in [0.25, 0.3) is 0 Å². The second kappa shape index (κ2) is 10.9. The van der Waals surface area contributed by atoms with Gasteiger partial charge < -0.3 is 19.0 Å². The number of halogens is 2. The van der Waals surface area contributed by atoms with E-state index in [0.717, 1.165) is 12.7 Å². The summed E-state index contributed by atoms with van der Waals surface area (Å²) in [6.07, 6.45) is 11.1. The van der Waals surface area contributed by atoms with Gasteiger partial charge in [0.2, 0.25) is 5.75 Å². The van der Waals surface area contributed by atoms with Crippen LogP contribution in [0.15, 0.2) is 24.5 Å². The van der Waals surface area contributed by atoms with Crippen LogP contribution >= 0.6 is 23.2 Å².